The number of carbonyl (C=O) groups excluding carboxylic acids is 1. The lowest BCUT2D eigenvalue weighted by Gasteiger charge is -2.19. The summed E-state index contributed by atoms with van der Waals surface area (Å²) in [6.07, 6.45) is 5.65. The zero-order chi connectivity index (χ0) is 12.4. The number of rotatable bonds is 9. The van der Waals surface area contributed by atoms with E-state index in [1.807, 2.05) is 0 Å². The molecule has 0 aromatic heterocycles. The summed E-state index contributed by atoms with van der Waals surface area (Å²) in [5, 5.41) is 0. The highest BCUT2D eigenvalue weighted by Crippen LogP contribution is 2.15. The van der Waals surface area contributed by atoms with Gasteiger partial charge in [-0.05, 0) is 25.6 Å². The third-order valence-electron chi connectivity index (χ3n) is 2.64. The van der Waals surface area contributed by atoms with Crippen LogP contribution >= 0.6 is 0 Å². The monoisotopic (exact) mass is 244 g/mol. The minimum absolute atomic E-state index is 0.326. The van der Waals surface area contributed by atoms with Crippen molar-refractivity contribution >= 4 is 14.3 Å². The van der Waals surface area contributed by atoms with Crippen LogP contribution in [0.2, 0.25) is 19.1 Å². The van der Waals surface area contributed by atoms with E-state index >= 15 is 0 Å². The van der Waals surface area contributed by atoms with E-state index in [0.717, 1.165) is 12.8 Å². The second-order valence-electron chi connectivity index (χ2n) is 4.50. The highest BCUT2D eigenvalue weighted by Gasteiger charge is 2.18. The molecule has 0 fully saturated rings. The van der Waals surface area contributed by atoms with Crippen molar-refractivity contribution in [1.82, 2.24) is 0 Å². The Morgan fingerprint density at radius 2 is 1.88 bits per heavy atom. The molecule has 0 N–H and O–H groups in total. The second-order valence-corrected chi connectivity index (χ2v) is 8.93. The summed E-state index contributed by atoms with van der Waals surface area (Å²) in [6.45, 7) is 8.32. The summed E-state index contributed by atoms with van der Waals surface area (Å²) in [4.78, 5) is 10.7. The van der Waals surface area contributed by atoms with Crippen molar-refractivity contribution in [3.63, 3.8) is 0 Å². The van der Waals surface area contributed by atoms with Gasteiger partial charge in [-0.15, -0.1) is 0 Å². The normalized spacial score (nSPS) is 11.2. The first-order chi connectivity index (χ1) is 7.52. The number of carbonyl (C=O) groups is 1. The molecule has 0 aromatic rings. The Hall–Kier alpha value is -0.613. The Labute approximate surface area is 100.0 Å². The van der Waals surface area contributed by atoms with Crippen LogP contribution in [0.5, 0.6) is 0 Å². The van der Waals surface area contributed by atoms with Crippen LogP contribution in [0, 0.1) is 0 Å². The lowest BCUT2D eigenvalue weighted by molar-refractivity contribution is -0.137. The number of esters is 1. The molecule has 94 valence electrons. The molecule has 0 saturated carbocycles. The maximum absolute atomic E-state index is 10.7. The van der Waals surface area contributed by atoms with Gasteiger partial charge in [0.2, 0.25) is 0 Å². The smallest absolute Gasteiger partial charge is 0.330 e. The Balaban J connectivity index is 3.28. The van der Waals surface area contributed by atoms with E-state index in [0.29, 0.717) is 6.61 Å². The zero-order valence-electron chi connectivity index (χ0n) is 10.8. The van der Waals surface area contributed by atoms with E-state index in [-0.39, 0.29) is 5.97 Å². The van der Waals surface area contributed by atoms with E-state index in [4.69, 9.17) is 9.16 Å². The van der Waals surface area contributed by atoms with E-state index in [9.17, 15) is 4.79 Å². The Morgan fingerprint density at radius 3 is 2.44 bits per heavy atom. The summed E-state index contributed by atoms with van der Waals surface area (Å²) < 4.78 is 10.4. The quantitative estimate of drug-likeness (QED) is 0.270. The summed E-state index contributed by atoms with van der Waals surface area (Å²) >= 11 is 0. The fraction of sp³-hybridized carbons (Fsp3) is 0.750. The van der Waals surface area contributed by atoms with Gasteiger partial charge in [0.05, 0.1) is 6.61 Å². The molecule has 0 rings (SSSR count). The van der Waals surface area contributed by atoms with Gasteiger partial charge in [0.1, 0.15) is 0 Å². The van der Waals surface area contributed by atoms with E-state index in [1.165, 1.54) is 25.0 Å². The summed E-state index contributed by atoms with van der Waals surface area (Å²) in [5.41, 5.74) is 0. The Kier molecular flexibility index (Phi) is 8.20. The molecule has 0 bridgehead atoms. The van der Waals surface area contributed by atoms with Gasteiger partial charge in [-0.25, -0.2) is 4.79 Å². The predicted molar refractivity (Wildman–Crippen MR) is 68.9 cm³/mol. The fourth-order valence-electron chi connectivity index (χ4n) is 1.34. The predicted octanol–water partition coefficient (Wildman–Crippen LogP) is 3.13. The molecule has 0 aliphatic heterocycles. The third kappa shape index (κ3) is 8.68. The van der Waals surface area contributed by atoms with Crippen molar-refractivity contribution in [3.8, 4) is 0 Å². The molecule has 0 aliphatic carbocycles. The summed E-state index contributed by atoms with van der Waals surface area (Å²) in [7, 11) is 0.438. The SMILES string of the molecule is C=CC(=O)OCCCCCC[Si](C)(C)OC. The van der Waals surface area contributed by atoms with Gasteiger partial charge in [0.15, 0.2) is 8.32 Å². The van der Waals surface area contributed by atoms with E-state index in [2.05, 4.69) is 19.7 Å². The van der Waals surface area contributed by atoms with Crippen molar-refractivity contribution in [1.29, 1.82) is 0 Å². The minimum atomic E-state index is -1.37. The van der Waals surface area contributed by atoms with Crippen molar-refractivity contribution in [3.05, 3.63) is 12.7 Å². The molecule has 0 radical (unpaired) electrons. The Morgan fingerprint density at radius 1 is 1.25 bits per heavy atom. The topological polar surface area (TPSA) is 35.5 Å². The molecule has 0 amide bonds. The molecular formula is C12H24O3Si. The first-order valence-electron chi connectivity index (χ1n) is 5.86. The maximum Gasteiger partial charge on any atom is 0.330 e. The molecule has 0 heterocycles. The van der Waals surface area contributed by atoms with Crippen LogP contribution in [0.1, 0.15) is 25.7 Å². The standard InChI is InChI=1S/C12H24O3Si/c1-5-12(13)15-10-8-6-7-9-11-16(3,4)14-2/h5H,1,6-11H2,2-4H3. The summed E-state index contributed by atoms with van der Waals surface area (Å²) in [6, 6.07) is 1.20. The van der Waals surface area contributed by atoms with Gasteiger partial charge in [-0.2, -0.15) is 0 Å². The highest BCUT2D eigenvalue weighted by atomic mass is 28.4. The van der Waals surface area contributed by atoms with Crippen molar-refractivity contribution in [2.75, 3.05) is 13.7 Å². The molecule has 4 heteroatoms. The zero-order valence-corrected chi connectivity index (χ0v) is 11.8. The fourth-order valence-corrected chi connectivity index (χ4v) is 2.65. The number of unbranched alkanes of at least 4 members (excludes halogenated alkanes) is 3. The number of ether oxygens (including phenoxy) is 1. The van der Waals surface area contributed by atoms with Crippen LogP contribution in [0.25, 0.3) is 0 Å². The van der Waals surface area contributed by atoms with Gasteiger partial charge in [-0.1, -0.05) is 25.8 Å². The molecular weight excluding hydrogens is 220 g/mol. The van der Waals surface area contributed by atoms with Crippen LogP contribution in [-0.4, -0.2) is 28.0 Å². The highest BCUT2D eigenvalue weighted by molar-refractivity contribution is 6.71. The largest absolute Gasteiger partial charge is 0.463 e. The van der Waals surface area contributed by atoms with Crippen LogP contribution in [-0.2, 0) is 14.0 Å². The van der Waals surface area contributed by atoms with Gasteiger partial charge >= 0.3 is 5.97 Å². The molecule has 3 nitrogen and oxygen atoms in total. The molecule has 0 spiro atoms. The average Bonchev–Trinajstić information content (AvgIpc) is 2.27. The lowest BCUT2D eigenvalue weighted by Crippen LogP contribution is -2.27. The van der Waals surface area contributed by atoms with Crippen LogP contribution < -0.4 is 0 Å². The van der Waals surface area contributed by atoms with Gasteiger partial charge in [0.25, 0.3) is 0 Å². The van der Waals surface area contributed by atoms with E-state index in [1.54, 1.807) is 7.11 Å². The van der Waals surface area contributed by atoms with Crippen molar-refractivity contribution < 1.29 is 14.0 Å². The Bertz CT molecular complexity index is 214. The van der Waals surface area contributed by atoms with Crippen LogP contribution in [0.3, 0.4) is 0 Å². The second kappa shape index (κ2) is 8.53. The van der Waals surface area contributed by atoms with E-state index < -0.39 is 8.32 Å². The van der Waals surface area contributed by atoms with Gasteiger partial charge in [0, 0.05) is 13.2 Å². The number of hydrogen-bond acceptors (Lipinski definition) is 3. The molecule has 0 aromatic carbocycles. The van der Waals surface area contributed by atoms with Crippen LogP contribution in [0.15, 0.2) is 12.7 Å². The van der Waals surface area contributed by atoms with Crippen molar-refractivity contribution in [2.24, 2.45) is 0 Å². The number of hydrogen-bond donors (Lipinski definition) is 0. The first kappa shape index (κ1) is 15.4. The van der Waals surface area contributed by atoms with Crippen molar-refractivity contribution in [2.45, 2.75) is 44.8 Å². The molecule has 0 saturated heterocycles. The molecule has 0 atom stereocenters. The summed E-state index contributed by atoms with van der Waals surface area (Å²) in [5.74, 6) is -0.326. The maximum atomic E-state index is 10.7. The van der Waals surface area contributed by atoms with Crippen LogP contribution in [0.4, 0.5) is 0 Å². The lowest BCUT2D eigenvalue weighted by atomic mass is 10.2. The first-order valence-corrected chi connectivity index (χ1v) is 8.98. The molecule has 16 heavy (non-hydrogen) atoms. The molecule has 0 unspecified atom stereocenters. The average molecular weight is 244 g/mol. The van der Waals surface area contributed by atoms with Gasteiger partial charge < -0.3 is 9.16 Å². The molecule has 0 aliphatic rings. The van der Waals surface area contributed by atoms with Gasteiger partial charge in [-0.3, -0.25) is 0 Å². The minimum Gasteiger partial charge on any atom is -0.463 e. The third-order valence-corrected chi connectivity index (χ3v) is 5.30.